The van der Waals surface area contributed by atoms with Crippen molar-refractivity contribution < 1.29 is 23.8 Å². The monoisotopic (exact) mass is 371 g/mol. The fourth-order valence-corrected chi connectivity index (χ4v) is 2.69. The molecule has 27 heavy (non-hydrogen) atoms. The van der Waals surface area contributed by atoms with Crippen molar-refractivity contribution in [2.75, 3.05) is 32.8 Å². The lowest BCUT2D eigenvalue weighted by atomic mass is 10.2. The maximum absolute atomic E-state index is 12.1. The van der Waals surface area contributed by atoms with E-state index in [-0.39, 0.29) is 13.3 Å². The Morgan fingerprint density at radius 3 is 2.78 bits per heavy atom. The zero-order valence-electron chi connectivity index (χ0n) is 15.2. The first-order valence-corrected chi connectivity index (χ1v) is 8.35. The van der Waals surface area contributed by atoms with Crippen molar-refractivity contribution in [3.63, 3.8) is 0 Å². The maximum atomic E-state index is 12.1. The summed E-state index contributed by atoms with van der Waals surface area (Å²) in [6.45, 7) is 0.781. The Hall–Kier alpha value is -3.26. The molecule has 0 aromatic heterocycles. The number of anilines is 1. The van der Waals surface area contributed by atoms with Crippen molar-refractivity contribution in [3.8, 4) is 17.2 Å². The number of nitrogens with zero attached hydrogens (tertiary/aromatic N) is 1. The van der Waals surface area contributed by atoms with Gasteiger partial charge in [-0.05, 0) is 36.9 Å². The van der Waals surface area contributed by atoms with Crippen LogP contribution in [0.25, 0.3) is 0 Å². The Kier molecular flexibility index (Phi) is 5.77. The Bertz CT molecular complexity index is 840. The third kappa shape index (κ3) is 5.11. The second-order valence-electron chi connectivity index (χ2n) is 6.09. The lowest BCUT2D eigenvalue weighted by molar-refractivity contribution is -0.120. The minimum absolute atomic E-state index is 0.0752. The van der Waals surface area contributed by atoms with Gasteiger partial charge in [-0.3, -0.25) is 15.0 Å². The van der Waals surface area contributed by atoms with Gasteiger partial charge in [0.05, 0.1) is 13.7 Å². The number of nitrogens with one attached hydrogen (secondary N) is 2. The van der Waals surface area contributed by atoms with E-state index in [2.05, 4.69) is 10.6 Å². The van der Waals surface area contributed by atoms with E-state index in [1.165, 1.54) is 0 Å². The van der Waals surface area contributed by atoms with Crippen molar-refractivity contribution >= 4 is 17.6 Å². The van der Waals surface area contributed by atoms with Gasteiger partial charge < -0.3 is 19.5 Å². The number of benzene rings is 2. The van der Waals surface area contributed by atoms with Crippen LogP contribution in [0.5, 0.6) is 17.2 Å². The van der Waals surface area contributed by atoms with Crippen LogP contribution in [0.15, 0.2) is 42.5 Å². The third-order valence-corrected chi connectivity index (χ3v) is 3.88. The third-order valence-electron chi connectivity index (χ3n) is 3.88. The Morgan fingerprint density at radius 1 is 1.15 bits per heavy atom. The highest BCUT2D eigenvalue weighted by molar-refractivity contribution is 6.01. The van der Waals surface area contributed by atoms with Gasteiger partial charge in [0.2, 0.25) is 12.7 Å². The molecule has 2 aromatic carbocycles. The van der Waals surface area contributed by atoms with E-state index < -0.39 is 11.9 Å². The molecule has 2 N–H and O–H groups in total. The highest BCUT2D eigenvalue weighted by Gasteiger charge is 2.15. The molecule has 0 unspecified atom stereocenters. The Balaban J connectivity index is 1.47. The SMILES string of the molecule is COc1cccc(CN(C)CC(=O)NC(=O)Nc2ccc3c(c2)OCO3)c1. The molecule has 1 heterocycles. The molecule has 0 bridgehead atoms. The smallest absolute Gasteiger partial charge is 0.325 e. The van der Waals surface area contributed by atoms with Gasteiger partial charge >= 0.3 is 6.03 Å². The van der Waals surface area contributed by atoms with E-state index >= 15 is 0 Å². The van der Waals surface area contributed by atoms with Crippen molar-refractivity contribution in [1.82, 2.24) is 10.2 Å². The zero-order chi connectivity index (χ0) is 19.2. The minimum Gasteiger partial charge on any atom is -0.497 e. The minimum atomic E-state index is -0.603. The van der Waals surface area contributed by atoms with Crippen molar-refractivity contribution in [1.29, 1.82) is 0 Å². The molecule has 0 fully saturated rings. The molecule has 8 nitrogen and oxygen atoms in total. The topological polar surface area (TPSA) is 89.1 Å². The van der Waals surface area contributed by atoms with Crippen LogP contribution in [0.4, 0.5) is 10.5 Å². The number of likely N-dealkylation sites (N-methyl/N-ethyl adjacent to an activating group) is 1. The van der Waals surface area contributed by atoms with Gasteiger partial charge in [-0.15, -0.1) is 0 Å². The summed E-state index contributed by atoms with van der Waals surface area (Å²) < 4.78 is 15.7. The summed E-state index contributed by atoms with van der Waals surface area (Å²) in [7, 11) is 3.41. The highest BCUT2D eigenvalue weighted by Crippen LogP contribution is 2.34. The van der Waals surface area contributed by atoms with Crippen LogP contribution in [0.2, 0.25) is 0 Å². The van der Waals surface area contributed by atoms with Gasteiger partial charge in [-0.25, -0.2) is 4.79 Å². The molecule has 0 saturated heterocycles. The van der Waals surface area contributed by atoms with Crippen molar-refractivity contribution in [3.05, 3.63) is 48.0 Å². The second-order valence-corrected chi connectivity index (χ2v) is 6.09. The zero-order valence-corrected chi connectivity index (χ0v) is 15.2. The molecule has 1 aliphatic heterocycles. The van der Waals surface area contributed by atoms with Crippen molar-refractivity contribution in [2.45, 2.75) is 6.54 Å². The number of hydrogen-bond donors (Lipinski definition) is 2. The van der Waals surface area contributed by atoms with E-state index in [0.29, 0.717) is 23.7 Å². The van der Waals surface area contributed by atoms with E-state index in [0.717, 1.165) is 11.3 Å². The lowest BCUT2D eigenvalue weighted by Crippen LogP contribution is -2.40. The van der Waals surface area contributed by atoms with Crippen LogP contribution < -0.4 is 24.8 Å². The maximum Gasteiger partial charge on any atom is 0.325 e. The molecule has 0 saturated carbocycles. The number of carbonyl (C=O) groups excluding carboxylic acids is 2. The van der Waals surface area contributed by atoms with Gasteiger partial charge in [0.1, 0.15) is 5.75 Å². The molecule has 1 aliphatic rings. The number of imide groups is 1. The summed E-state index contributed by atoms with van der Waals surface area (Å²) in [6.07, 6.45) is 0. The number of fused-ring (bicyclic) bond motifs is 1. The Labute approximate surface area is 157 Å². The largest absolute Gasteiger partial charge is 0.497 e. The number of rotatable bonds is 6. The molecule has 0 radical (unpaired) electrons. The molecule has 3 rings (SSSR count). The van der Waals surface area contributed by atoms with Crippen LogP contribution in [0, 0.1) is 0 Å². The van der Waals surface area contributed by atoms with E-state index in [1.54, 1.807) is 37.3 Å². The highest BCUT2D eigenvalue weighted by atomic mass is 16.7. The average Bonchev–Trinajstić information content (AvgIpc) is 3.09. The van der Waals surface area contributed by atoms with E-state index in [4.69, 9.17) is 14.2 Å². The van der Waals surface area contributed by atoms with Crippen LogP contribution in [-0.2, 0) is 11.3 Å². The summed E-state index contributed by atoms with van der Waals surface area (Å²) in [5.74, 6) is 1.53. The van der Waals surface area contributed by atoms with Crippen LogP contribution in [-0.4, -0.2) is 44.3 Å². The Morgan fingerprint density at radius 2 is 1.96 bits per heavy atom. The fraction of sp³-hybridized carbons (Fsp3) is 0.263. The summed E-state index contributed by atoms with van der Waals surface area (Å²) >= 11 is 0. The standard InChI is InChI=1S/C19H21N3O5/c1-22(10-13-4-3-5-15(8-13)25-2)11-18(23)21-19(24)20-14-6-7-16-17(9-14)27-12-26-16/h3-9H,10-12H2,1-2H3,(H2,20,21,23,24). The first-order valence-electron chi connectivity index (χ1n) is 8.35. The molecule has 0 spiro atoms. The van der Waals surface area contributed by atoms with Crippen LogP contribution in [0.1, 0.15) is 5.56 Å². The summed E-state index contributed by atoms with van der Waals surface area (Å²) in [5, 5.41) is 4.91. The number of hydrogen-bond acceptors (Lipinski definition) is 6. The van der Waals surface area contributed by atoms with Gasteiger partial charge in [0.25, 0.3) is 0 Å². The van der Waals surface area contributed by atoms with Gasteiger partial charge in [0.15, 0.2) is 11.5 Å². The molecular formula is C19H21N3O5. The molecular weight excluding hydrogens is 350 g/mol. The summed E-state index contributed by atoms with van der Waals surface area (Å²) in [6, 6.07) is 12.0. The van der Waals surface area contributed by atoms with E-state index in [1.807, 2.05) is 24.3 Å². The summed E-state index contributed by atoms with van der Waals surface area (Å²) in [4.78, 5) is 25.9. The fourth-order valence-electron chi connectivity index (χ4n) is 2.69. The summed E-state index contributed by atoms with van der Waals surface area (Å²) in [5.41, 5.74) is 1.52. The average molecular weight is 371 g/mol. The second kappa shape index (κ2) is 8.41. The first kappa shape index (κ1) is 18.5. The molecule has 0 atom stereocenters. The first-order chi connectivity index (χ1) is 13.0. The van der Waals surface area contributed by atoms with Gasteiger partial charge in [-0.2, -0.15) is 0 Å². The number of carbonyl (C=O) groups is 2. The number of ether oxygens (including phenoxy) is 3. The molecule has 3 amide bonds. The van der Waals surface area contributed by atoms with Crippen molar-refractivity contribution in [2.24, 2.45) is 0 Å². The quantitative estimate of drug-likeness (QED) is 0.809. The molecule has 142 valence electrons. The molecule has 0 aliphatic carbocycles. The lowest BCUT2D eigenvalue weighted by Gasteiger charge is -2.16. The number of methoxy groups -OCH3 is 1. The number of amides is 3. The normalized spacial score (nSPS) is 12.0. The van der Waals surface area contributed by atoms with Gasteiger partial charge in [-0.1, -0.05) is 12.1 Å². The van der Waals surface area contributed by atoms with Crippen LogP contribution in [0.3, 0.4) is 0 Å². The predicted molar refractivity (Wildman–Crippen MR) is 99.1 cm³/mol. The molecule has 2 aromatic rings. The van der Waals surface area contributed by atoms with E-state index in [9.17, 15) is 9.59 Å². The van der Waals surface area contributed by atoms with Crippen LogP contribution >= 0.6 is 0 Å². The number of urea groups is 1. The predicted octanol–water partition coefficient (Wildman–Crippen LogP) is 2.20. The van der Waals surface area contributed by atoms with Gasteiger partial charge in [0, 0.05) is 18.3 Å². The molecule has 8 heteroatoms.